The first-order valence-electron chi connectivity index (χ1n) is 5.74. The number of aryl methyl sites for hydroxylation is 1. The molecule has 2 rings (SSSR count). The number of carbonyl (C=O) groups excluding carboxylic acids is 1. The van der Waals surface area contributed by atoms with Gasteiger partial charge in [0.2, 0.25) is 5.91 Å². The fourth-order valence-electron chi connectivity index (χ4n) is 1.97. The van der Waals surface area contributed by atoms with E-state index >= 15 is 0 Å². The molecule has 0 radical (unpaired) electrons. The molecular weight excluding hydrogens is 219 g/mol. The molecule has 92 valence electrons. The Balaban J connectivity index is 2.22. The average molecular weight is 236 g/mol. The minimum absolute atomic E-state index is 0.0333. The van der Waals surface area contributed by atoms with Crippen molar-refractivity contribution in [1.29, 1.82) is 0 Å². The standard InChI is InChI=1S/C13H17FN2O/c1-9-7-10(3-4-11(9)14)16(2)12(17)13(8-15)5-6-13/h3-4,7H,5-6,8,15H2,1-2H3. The highest BCUT2D eigenvalue weighted by Gasteiger charge is 2.50. The van der Waals surface area contributed by atoms with Crippen molar-refractivity contribution < 1.29 is 9.18 Å². The predicted octanol–water partition coefficient (Wildman–Crippen LogP) is 1.84. The normalized spacial score (nSPS) is 16.7. The highest BCUT2D eigenvalue weighted by molar-refractivity contribution is 5.99. The summed E-state index contributed by atoms with van der Waals surface area (Å²) in [5.74, 6) is -0.222. The lowest BCUT2D eigenvalue weighted by Gasteiger charge is -2.23. The van der Waals surface area contributed by atoms with Gasteiger partial charge in [0.1, 0.15) is 5.82 Å². The molecule has 3 nitrogen and oxygen atoms in total. The fraction of sp³-hybridized carbons (Fsp3) is 0.462. The molecule has 0 spiro atoms. The number of anilines is 1. The largest absolute Gasteiger partial charge is 0.329 e. The highest BCUT2D eigenvalue weighted by Crippen LogP contribution is 2.46. The number of benzene rings is 1. The number of nitrogens with zero attached hydrogens (tertiary/aromatic N) is 1. The molecular formula is C13H17FN2O. The molecule has 1 aliphatic rings. The Bertz CT molecular complexity index is 455. The van der Waals surface area contributed by atoms with Crippen LogP contribution in [0.4, 0.5) is 10.1 Å². The predicted molar refractivity (Wildman–Crippen MR) is 65.3 cm³/mol. The number of hydrogen-bond donors (Lipinski definition) is 1. The number of carbonyl (C=O) groups is 1. The second kappa shape index (κ2) is 4.11. The van der Waals surface area contributed by atoms with E-state index in [9.17, 15) is 9.18 Å². The van der Waals surface area contributed by atoms with Crippen LogP contribution in [0.15, 0.2) is 18.2 Å². The average Bonchev–Trinajstić information content (AvgIpc) is 3.12. The van der Waals surface area contributed by atoms with Crippen LogP contribution in [-0.2, 0) is 4.79 Å². The Hall–Kier alpha value is -1.42. The van der Waals surface area contributed by atoms with Gasteiger partial charge in [0.05, 0.1) is 5.41 Å². The SMILES string of the molecule is Cc1cc(N(C)C(=O)C2(CN)CC2)ccc1F. The fourth-order valence-corrected chi connectivity index (χ4v) is 1.97. The number of halogens is 1. The third-order valence-corrected chi connectivity index (χ3v) is 3.53. The molecule has 17 heavy (non-hydrogen) atoms. The van der Waals surface area contributed by atoms with Crippen LogP contribution >= 0.6 is 0 Å². The molecule has 0 unspecified atom stereocenters. The Morgan fingerprint density at radius 2 is 2.18 bits per heavy atom. The van der Waals surface area contributed by atoms with E-state index in [0.717, 1.165) is 12.8 Å². The van der Waals surface area contributed by atoms with Crippen molar-refractivity contribution in [2.45, 2.75) is 19.8 Å². The summed E-state index contributed by atoms with van der Waals surface area (Å²) in [6.07, 6.45) is 1.71. The van der Waals surface area contributed by atoms with Gasteiger partial charge in [0, 0.05) is 19.3 Å². The van der Waals surface area contributed by atoms with Crippen molar-refractivity contribution in [2.24, 2.45) is 11.1 Å². The lowest BCUT2D eigenvalue weighted by atomic mass is 10.1. The zero-order chi connectivity index (χ0) is 12.6. The first-order valence-corrected chi connectivity index (χ1v) is 5.74. The second-order valence-electron chi connectivity index (χ2n) is 4.78. The zero-order valence-corrected chi connectivity index (χ0v) is 10.2. The molecule has 1 amide bonds. The van der Waals surface area contributed by atoms with E-state index < -0.39 is 0 Å². The topological polar surface area (TPSA) is 46.3 Å². The summed E-state index contributed by atoms with van der Waals surface area (Å²) >= 11 is 0. The Morgan fingerprint density at radius 1 is 1.53 bits per heavy atom. The lowest BCUT2D eigenvalue weighted by Crippen LogP contribution is -2.38. The summed E-state index contributed by atoms with van der Waals surface area (Å²) in [7, 11) is 1.71. The third-order valence-electron chi connectivity index (χ3n) is 3.53. The van der Waals surface area contributed by atoms with Gasteiger partial charge in [-0.3, -0.25) is 4.79 Å². The lowest BCUT2D eigenvalue weighted by molar-refractivity contribution is -0.123. The van der Waals surface area contributed by atoms with Crippen molar-refractivity contribution in [3.05, 3.63) is 29.6 Å². The van der Waals surface area contributed by atoms with Crippen LogP contribution in [0.1, 0.15) is 18.4 Å². The van der Waals surface area contributed by atoms with Crippen LogP contribution in [0.25, 0.3) is 0 Å². The van der Waals surface area contributed by atoms with Gasteiger partial charge in [0.25, 0.3) is 0 Å². The van der Waals surface area contributed by atoms with Crippen LogP contribution < -0.4 is 10.6 Å². The van der Waals surface area contributed by atoms with Crippen molar-refractivity contribution in [1.82, 2.24) is 0 Å². The third kappa shape index (κ3) is 2.05. The molecule has 0 heterocycles. The summed E-state index contributed by atoms with van der Waals surface area (Å²) < 4.78 is 13.2. The van der Waals surface area contributed by atoms with Crippen LogP contribution in [-0.4, -0.2) is 19.5 Å². The maximum absolute atomic E-state index is 13.2. The molecule has 4 heteroatoms. The van der Waals surface area contributed by atoms with Gasteiger partial charge in [-0.05, 0) is 43.5 Å². The first kappa shape index (κ1) is 12.0. The zero-order valence-electron chi connectivity index (χ0n) is 10.2. The molecule has 1 aromatic carbocycles. The molecule has 0 bridgehead atoms. The van der Waals surface area contributed by atoms with Crippen LogP contribution in [0.3, 0.4) is 0 Å². The summed E-state index contributed by atoms with van der Waals surface area (Å²) in [4.78, 5) is 13.8. The van der Waals surface area contributed by atoms with Gasteiger partial charge in [-0.15, -0.1) is 0 Å². The molecule has 2 N–H and O–H groups in total. The molecule has 1 saturated carbocycles. The Kier molecular flexibility index (Phi) is 2.91. The highest BCUT2D eigenvalue weighted by atomic mass is 19.1. The molecule has 0 saturated heterocycles. The molecule has 1 fully saturated rings. The van der Waals surface area contributed by atoms with Gasteiger partial charge >= 0.3 is 0 Å². The van der Waals surface area contributed by atoms with Crippen molar-refractivity contribution in [3.8, 4) is 0 Å². The summed E-state index contributed by atoms with van der Waals surface area (Å²) in [5, 5.41) is 0. The maximum Gasteiger partial charge on any atom is 0.234 e. The van der Waals surface area contributed by atoms with Gasteiger partial charge in [-0.2, -0.15) is 0 Å². The van der Waals surface area contributed by atoms with Crippen molar-refractivity contribution in [3.63, 3.8) is 0 Å². The van der Waals surface area contributed by atoms with E-state index in [1.165, 1.54) is 6.07 Å². The number of hydrogen-bond acceptors (Lipinski definition) is 2. The molecule has 0 aromatic heterocycles. The van der Waals surface area contributed by atoms with Gasteiger partial charge in [-0.25, -0.2) is 4.39 Å². The van der Waals surface area contributed by atoms with Crippen molar-refractivity contribution in [2.75, 3.05) is 18.5 Å². The molecule has 1 aromatic rings. The number of nitrogens with two attached hydrogens (primary N) is 1. The van der Waals surface area contributed by atoms with Crippen LogP contribution in [0, 0.1) is 18.2 Å². The van der Waals surface area contributed by atoms with E-state index in [1.54, 1.807) is 31.0 Å². The molecule has 0 aliphatic heterocycles. The van der Waals surface area contributed by atoms with Crippen molar-refractivity contribution >= 4 is 11.6 Å². The van der Waals surface area contributed by atoms with E-state index in [4.69, 9.17) is 5.73 Å². The smallest absolute Gasteiger partial charge is 0.234 e. The quantitative estimate of drug-likeness (QED) is 0.870. The molecule has 0 atom stereocenters. The van der Waals surface area contributed by atoms with Crippen LogP contribution in [0.2, 0.25) is 0 Å². The van der Waals surface area contributed by atoms with E-state index in [1.807, 2.05) is 0 Å². The second-order valence-corrected chi connectivity index (χ2v) is 4.78. The summed E-state index contributed by atoms with van der Waals surface area (Å²) in [5.41, 5.74) is 6.53. The van der Waals surface area contributed by atoms with Crippen LogP contribution in [0.5, 0.6) is 0 Å². The first-order chi connectivity index (χ1) is 8.00. The minimum Gasteiger partial charge on any atom is -0.329 e. The molecule has 1 aliphatic carbocycles. The number of amides is 1. The van der Waals surface area contributed by atoms with Gasteiger partial charge < -0.3 is 10.6 Å². The van der Waals surface area contributed by atoms with Gasteiger partial charge in [0.15, 0.2) is 0 Å². The summed E-state index contributed by atoms with van der Waals surface area (Å²) in [6, 6.07) is 4.68. The Morgan fingerprint density at radius 3 is 2.65 bits per heavy atom. The maximum atomic E-state index is 13.2. The van der Waals surface area contributed by atoms with E-state index in [-0.39, 0.29) is 17.1 Å². The minimum atomic E-state index is -0.364. The van der Waals surface area contributed by atoms with E-state index in [2.05, 4.69) is 0 Å². The monoisotopic (exact) mass is 236 g/mol. The van der Waals surface area contributed by atoms with E-state index in [0.29, 0.717) is 17.8 Å². The summed E-state index contributed by atoms with van der Waals surface area (Å²) in [6.45, 7) is 2.07. The Labute approximate surface area is 100 Å². The van der Waals surface area contributed by atoms with Gasteiger partial charge in [-0.1, -0.05) is 0 Å². The number of rotatable bonds is 3.